The van der Waals surface area contributed by atoms with E-state index in [-0.39, 0.29) is 5.91 Å². The molecule has 1 aromatic heterocycles. The van der Waals surface area contributed by atoms with Gasteiger partial charge in [-0.2, -0.15) is 0 Å². The van der Waals surface area contributed by atoms with E-state index in [0.29, 0.717) is 5.92 Å². The van der Waals surface area contributed by atoms with Crippen molar-refractivity contribution in [3.63, 3.8) is 0 Å². The molecular weight excluding hydrogens is 360 g/mol. The van der Waals surface area contributed by atoms with Crippen molar-refractivity contribution in [3.8, 4) is 0 Å². The van der Waals surface area contributed by atoms with Crippen LogP contribution in [0, 0.1) is 5.92 Å². The minimum Gasteiger partial charge on any atom is -0.337 e. The first-order valence-electron chi connectivity index (χ1n) is 12.0. The number of hydrogen-bond donors (Lipinski definition) is 0. The second-order valence-electron chi connectivity index (χ2n) is 9.34. The molecule has 160 valence electrons. The van der Waals surface area contributed by atoms with Crippen LogP contribution in [0.5, 0.6) is 0 Å². The minimum atomic E-state index is 0.160. The Labute approximate surface area is 176 Å². The molecule has 0 spiro atoms. The molecule has 0 unspecified atom stereocenters. The number of piperidine rings is 2. The maximum absolute atomic E-state index is 13.3. The smallest absolute Gasteiger partial charge is 0.255 e. The molecule has 0 aromatic carbocycles. The van der Waals surface area contributed by atoms with Crippen LogP contribution in [0.25, 0.3) is 0 Å². The lowest BCUT2D eigenvalue weighted by Gasteiger charge is -2.39. The van der Waals surface area contributed by atoms with Crippen molar-refractivity contribution in [1.29, 1.82) is 0 Å². The summed E-state index contributed by atoms with van der Waals surface area (Å²) in [4.78, 5) is 24.9. The van der Waals surface area contributed by atoms with Gasteiger partial charge in [-0.05, 0) is 76.2 Å². The highest BCUT2D eigenvalue weighted by Gasteiger charge is 2.30. The lowest BCUT2D eigenvalue weighted by Crippen LogP contribution is -2.47. The molecule has 1 atom stereocenters. The van der Waals surface area contributed by atoms with Gasteiger partial charge in [-0.1, -0.05) is 19.3 Å². The second kappa shape index (κ2) is 10.5. The average Bonchev–Trinajstić information content (AvgIpc) is 3.33. The molecule has 5 nitrogen and oxygen atoms in total. The van der Waals surface area contributed by atoms with Crippen molar-refractivity contribution in [2.75, 3.05) is 45.8 Å². The first-order chi connectivity index (χ1) is 14.3. The summed E-state index contributed by atoms with van der Waals surface area (Å²) in [5, 5.41) is 0. The van der Waals surface area contributed by atoms with Crippen molar-refractivity contribution in [2.24, 2.45) is 5.92 Å². The molecule has 0 N–H and O–H groups in total. The van der Waals surface area contributed by atoms with E-state index in [1.165, 1.54) is 84.0 Å². The maximum atomic E-state index is 13.3. The summed E-state index contributed by atoms with van der Waals surface area (Å²) in [5.41, 5.74) is 0.731. The highest BCUT2D eigenvalue weighted by Crippen LogP contribution is 2.28. The number of carbonyl (C=O) groups is 1. The number of nitrogens with zero attached hydrogens (tertiary/aromatic N) is 4. The number of likely N-dealkylation sites (tertiary alicyclic amines) is 2. The summed E-state index contributed by atoms with van der Waals surface area (Å²) in [5.74, 6) is 0.763. The van der Waals surface area contributed by atoms with E-state index in [0.717, 1.165) is 31.2 Å². The predicted molar refractivity (Wildman–Crippen MR) is 117 cm³/mol. The lowest BCUT2D eigenvalue weighted by molar-refractivity contribution is 0.0609. The Hall–Kier alpha value is -1.46. The SMILES string of the molecule is O=C(c1cccnc1)N(CCN1CCCCC1)C[C@@H]1CCCN(C2CCCC2)C1. The zero-order valence-electron chi connectivity index (χ0n) is 18.0. The highest BCUT2D eigenvalue weighted by molar-refractivity contribution is 5.93. The van der Waals surface area contributed by atoms with Crippen LogP contribution in [0.3, 0.4) is 0 Å². The fourth-order valence-electron chi connectivity index (χ4n) is 5.55. The van der Waals surface area contributed by atoms with E-state index in [1.54, 1.807) is 12.4 Å². The third-order valence-corrected chi connectivity index (χ3v) is 7.20. The molecular formula is C24H38N4O. The number of pyridine rings is 1. The molecule has 29 heavy (non-hydrogen) atoms. The Balaban J connectivity index is 1.38. The summed E-state index contributed by atoms with van der Waals surface area (Å²) in [6.07, 6.45) is 15.5. The van der Waals surface area contributed by atoms with Gasteiger partial charge >= 0.3 is 0 Å². The number of rotatable bonds is 7. The summed E-state index contributed by atoms with van der Waals surface area (Å²) in [6, 6.07) is 4.58. The van der Waals surface area contributed by atoms with Gasteiger partial charge in [-0.3, -0.25) is 9.78 Å². The minimum absolute atomic E-state index is 0.160. The van der Waals surface area contributed by atoms with Crippen LogP contribution in [-0.2, 0) is 0 Å². The third kappa shape index (κ3) is 5.79. The molecule has 1 aliphatic carbocycles. The van der Waals surface area contributed by atoms with Gasteiger partial charge in [-0.15, -0.1) is 0 Å². The molecule has 3 fully saturated rings. The van der Waals surface area contributed by atoms with Crippen LogP contribution >= 0.6 is 0 Å². The molecule has 1 saturated carbocycles. The van der Waals surface area contributed by atoms with E-state index >= 15 is 0 Å². The molecule has 2 aliphatic heterocycles. The Morgan fingerprint density at radius 2 is 1.86 bits per heavy atom. The maximum Gasteiger partial charge on any atom is 0.255 e. The number of hydrogen-bond acceptors (Lipinski definition) is 4. The number of carbonyl (C=O) groups excluding carboxylic acids is 1. The second-order valence-corrected chi connectivity index (χ2v) is 9.34. The topological polar surface area (TPSA) is 39.7 Å². The largest absolute Gasteiger partial charge is 0.337 e. The highest BCUT2D eigenvalue weighted by atomic mass is 16.2. The molecule has 3 heterocycles. The van der Waals surface area contributed by atoms with Gasteiger partial charge in [0.2, 0.25) is 0 Å². The first kappa shape index (κ1) is 20.8. The molecule has 2 saturated heterocycles. The molecule has 1 amide bonds. The third-order valence-electron chi connectivity index (χ3n) is 7.20. The Bertz CT molecular complexity index is 625. The van der Waals surface area contributed by atoms with E-state index in [9.17, 15) is 4.79 Å². The van der Waals surface area contributed by atoms with Crippen molar-refractivity contribution >= 4 is 5.91 Å². The Kier molecular flexibility index (Phi) is 7.55. The van der Waals surface area contributed by atoms with Crippen molar-refractivity contribution < 1.29 is 4.79 Å². The lowest BCUT2D eigenvalue weighted by atomic mass is 9.95. The van der Waals surface area contributed by atoms with E-state index < -0.39 is 0 Å². The predicted octanol–water partition coefficient (Wildman–Crippen LogP) is 3.66. The molecule has 3 aliphatic rings. The number of amides is 1. The summed E-state index contributed by atoms with van der Waals surface area (Å²) in [6.45, 7) is 7.54. The Morgan fingerprint density at radius 1 is 1.03 bits per heavy atom. The molecule has 5 heteroatoms. The normalized spacial score (nSPS) is 24.6. The van der Waals surface area contributed by atoms with Crippen LogP contribution < -0.4 is 0 Å². The molecule has 4 rings (SSSR count). The summed E-state index contributed by atoms with van der Waals surface area (Å²) in [7, 11) is 0. The van der Waals surface area contributed by atoms with Crippen LogP contribution in [0.4, 0.5) is 0 Å². The van der Waals surface area contributed by atoms with Crippen molar-refractivity contribution in [1.82, 2.24) is 19.7 Å². The van der Waals surface area contributed by atoms with Crippen molar-refractivity contribution in [3.05, 3.63) is 30.1 Å². The van der Waals surface area contributed by atoms with E-state index in [2.05, 4.69) is 19.7 Å². The quantitative estimate of drug-likeness (QED) is 0.703. The van der Waals surface area contributed by atoms with Gasteiger partial charge in [0.15, 0.2) is 0 Å². The zero-order chi connectivity index (χ0) is 19.9. The first-order valence-corrected chi connectivity index (χ1v) is 12.0. The molecule has 0 bridgehead atoms. The standard InChI is InChI=1S/C24H38N4O/c29-24(22-9-6-12-25-18-22)28(17-16-26-13-4-1-5-14-26)20-21-8-7-15-27(19-21)23-10-2-3-11-23/h6,9,12,18,21,23H,1-5,7-8,10-11,13-17,19-20H2/t21-/m1/s1. The fraction of sp³-hybridized carbons (Fsp3) is 0.750. The molecule has 0 radical (unpaired) electrons. The summed E-state index contributed by atoms with van der Waals surface area (Å²) < 4.78 is 0. The van der Waals surface area contributed by atoms with Gasteiger partial charge in [-0.25, -0.2) is 0 Å². The average molecular weight is 399 g/mol. The van der Waals surface area contributed by atoms with Gasteiger partial charge in [0.05, 0.1) is 5.56 Å². The Morgan fingerprint density at radius 3 is 2.62 bits per heavy atom. The van der Waals surface area contributed by atoms with Crippen molar-refractivity contribution in [2.45, 2.75) is 63.8 Å². The fourth-order valence-corrected chi connectivity index (χ4v) is 5.55. The van der Waals surface area contributed by atoms with Crippen LogP contribution in [0.1, 0.15) is 68.1 Å². The van der Waals surface area contributed by atoms with Gasteiger partial charge in [0, 0.05) is 44.6 Å². The molecule has 1 aromatic rings. The summed E-state index contributed by atoms with van der Waals surface area (Å²) >= 11 is 0. The van der Waals surface area contributed by atoms with E-state index in [1.807, 2.05) is 12.1 Å². The van der Waals surface area contributed by atoms with Crippen LogP contribution in [-0.4, -0.2) is 77.4 Å². The van der Waals surface area contributed by atoms with E-state index in [4.69, 9.17) is 0 Å². The van der Waals surface area contributed by atoms with Crippen LogP contribution in [0.15, 0.2) is 24.5 Å². The van der Waals surface area contributed by atoms with Gasteiger partial charge < -0.3 is 14.7 Å². The van der Waals surface area contributed by atoms with Gasteiger partial charge in [0.25, 0.3) is 5.91 Å². The number of aromatic nitrogens is 1. The zero-order valence-corrected chi connectivity index (χ0v) is 18.0. The van der Waals surface area contributed by atoms with Crippen LogP contribution in [0.2, 0.25) is 0 Å². The van der Waals surface area contributed by atoms with Gasteiger partial charge in [0.1, 0.15) is 0 Å². The monoisotopic (exact) mass is 398 g/mol.